The van der Waals surface area contributed by atoms with Crippen molar-refractivity contribution in [3.05, 3.63) is 0 Å². The van der Waals surface area contributed by atoms with Crippen LogP contribution < -0.4 is 0 Å². The van der Waals surface area contributed by atoms with E-state index in [0.29, 0.717) is 11.4 Å². The Morgan fingerprint density at radius 2 is 2.25 bits per heavy atom. The predicted octanol–water partition coefficient (Wildman–Crippen LogP) is 1.53. The summed E-state index contributed by atoms with van der Waals surface area (Å²) in [6.45, 7) is 5.29. The molecule has 1 aliphatic heterocycles. The minimum absolute atomic E-state index is 0.466. The van der Waals surface area contributed by atoms with Gasteiger partial charge in [0, 0.05) is 11.0 Å². The summed E-state index contributed by atoms with van der Waals surface area (Å²) in [7, 11) is 0. The van der Waals surface area contributed by atoms with Crippen molar-refractivity contribution in [2.24, 2.45) is 0 Å². The first-order chi connectivity index (χ1) is 3.80. The number of hydrogen-bond acceptors (Lipinski definition) is 2. The Balaban J connectivity index is 2.28. The van der Waals surface area contributed by atoms with Gasteiger partial charge in [-0.25, -0.2) is 0 Å². The first-order valence-corrected chi connectivity index (χ1v) is 4.09. The van der Waals surface area contributed by atoms with Gasteiger partial charge in [-0.3, -0.25) is 0 Å². The predicted molar refractivity (Wildman–Crippen MR) is 37.3 cm³/mol. The number of ether oxygens (including phenoxy) is 1. The van der Waals surface area contributed by atoms with E-state index >= 15 is 0 Å². The fraction of sp³-hybridized carbons (Fsp3) is 1.00. The van der Waals surface area contributed by atoms with Crippen LogP contribution in [-0.2, 0) is 4.74 Å². The highest BCUT2D eigenvalue weighted by atomic mass is 32.2. The summed E-state index contributed by atoms with van der Waals surface area (Å²) >= 11 is 2.00. The Labute approximate surface area is 54.8 Å². The molecule has 48 valence electrons. The molecule has 1 rings (SSSR count). The van der Waals surface area contributed by atoms with Gasteiger partial charge in [0.25, 0.3) is 0 Å². The lowest BCUT2D eigenvalue weighted by Gasteiger charge is -2.24. The van der Waals surface area contributed by atoms with Crippen LogP contribution in [0.15, 0.2) is 0 Å². The first kappa shape index (κ1) is 6.43. The highest BCUT2D eigenvalue weighted by molar-refractivity contribution is 8.00. The molecule has 0 aromatic rings. The maximum atomic E-state index is 5.37. The lowest BCUT2D eigenvalue weighted by molar-refractivity contribution is 0.0725. The highest BCUT2D eigenvalue weighted by Crippen LogP contribution is 2.20. The molecule has 0 spiro atoms. The van der Waals surface area contributed by atoms with E-state index in [1.54, 1.807) is 0 Å². The van der Waals surface area contributed by atoms with Crippen molar-refractivity contribution in [1.29, 1.82) is 0 Å². The average molecular weight is 132 g/mol. The van der Waals surface area contributed by atoms with Crippen molar-refractivity contribution < 1.29 is 4.74 Å². The van der Waals surface area contributed by atoms with Gasteiger partial charge in [-0.15, -0.1) is 0 Å². The van der Waals surface area contributed by atoms with Crippen molar-refractivity contribution in [3.8, 4) is 0 Å². The van der Waals surface area contributed by atoms with Gasteiger partial charge in [0.15, 0.2) is 0 Å². The molecule has 1 saturated heterocycles. The van der Waals surface area contributed by atoms with Gasteiger partial charge in [0.2, 0.25) is 0 Å². The lowest BCUT2D eigenvalue weighted by Crippen LogP contribution is -2.27. The SMILES string of the molecule is C[C@@H]1SCCO[C@@H]1C. The van der Waals surface area contributed by atoms with Gasteiger partial charge in [0.05, 0.1) is 12.7 Å². The van der Waals surface area contributed by atoms with Crippen LogP contribution in [-0.4, -0.2) is 23.7 Å². The second kappa shape index (κ2) is 2.74. The van der Waals surface area contributed by atoms with E-state index in [0.717, 1.165) is 6.61 Å². The number of rotatable bonds is 0. The molecule has 2 atom stereocenters. The third-order valence-corrected chi connectivity index (χ3v) is 2.82. The van der Waals surface area contributed by atoms with Crippen LogP contribution in [0.25, 0.3) is 0 Å². The normalized spacial score (nSPS) is 39.8. The van der Waals surface area contributed by atoms with Crippen LogP contribution in [0.1, 0.15) is 13.8 Å². The van der Waals surface area contributed by atoms with Crippen LogP contribution in [0.4, 0.5) is 0 Å². The summed E-state index contributed by atoms with van der Waals surface area (Å²) in [6.07, 6.45) is 0.466. The standard InChI is InChI=1S/C6H12OS/c1-5-6(2)8-4-3-7-5/h5-6H,3-4H2,1-2H3/t5-,6+/m1/s1. The molecule has 0 saturated carbocycles. The fourth-order valence-corrected chi connectivity index (χ4v) is 1.65. The van der Waals surface area contributed by atoms with Gasteiger partial charge in [-0.2, -0.15) is 11.8 Å². The van der Waals surface area contributed by atoms with Crippen molar-refractivity contribution >= 4 is 11.8 Å². The van der Waals surface area contributed by atoms with Gasteiger partial charge < -0.3 is 4.74 Å². The van der Waals surface area contributed by atoms with Crippen LogP contribution in [0.3, 0.4) is 0 Å². The molecule has 0 aromatic carbocycles. The fourth-order valence-electron chi connectivity index (χ4n) is 0.739. The van der Waals surface area contributed by atoms with Gasteiger partial charge in [-0.05, 0) is 6.92 Å². The summed E-state index contributed by atoms with van der Waals surface area (Å²) in [6, 6.07) is 0. The largest absolute Gasteiger partial charge is 0.377 e. The van der Waals surface area contributed by atoms with E-state index in [1.807, 2.05) is 11.8 Å². The molecule has 1 heterocycles. The zero-order valence-electron chi connectivity index (χ0n) is 5.39. The smallest absolute Gasteiger partial charge is 0.0663 e. The molecular formula is C6H12OS. The molecule has 8 heavy (non-hydrogen) atoms. The molecule has 0 radical (unpaired) electrons. The minimum atomic E-state index is 0.466. The molecule has 0 aromatic heterocycles. The maximum absolute atomic E-state index is 5.37. The maximum Gasteiger partial charge on any atom is 0.0663 e. The molecule has 0 amide bonds. The highest BCUT2D eigenvalue weighted by Gasteiger charge is 2.16. The monoisotopic (exact) mass is 132 g/mol. The van der Waals surface area contributed by atoms with Crippen LogP contribution in [0.5, 0.6) is 0 Å². The van der Waals surface area contributed by atoms with Crippen LogP contribution in [0.2, 0.25) is 0 Å². The molecule has 0 aliphatic carbocycles. The quantitative estimate of drug-likeness (QED) is 0.494. The Morgan fingerprint density at radius 1 is 1.50 bits per heavy atom. The Bertz CT molecular complexity index is 64.9. The third-order valence-electron chi connectivity index (χ3n) is 1.51. The summed E-state index contributed by atoms with van der Waals surface area (Å²) in [5, 5.41) is 0.698. The average Bonchev–Trinajstić information content (AvgIpc) is 1.77. The minimum Gasteiger partial charge on any atom is -0.377 e. The van der Waals surface area contributed by atoms with Crippen molar-refractivity contribution in [1.82, 2.24) is 0 Å². The molecule has 0 unspecified atom stereocenters. The molecular weight excluding hydrogens is 120 g/mol. The zero-order chi connectivity index (χ0) is 5.98. The number of thioether (sulfide) groups is 1. The third kappa shape index (κ3) is 1.39. The second-order valence-electron chi connectivity index (χ2n) is 2.15. The summed E-state index contributed by atoms with van der Waals surface area (Å²) in [5.74, 6) is 1.17. The summed E-state index contributed by atoms with van der Waals surface area (Å²) in [5.41, 5.74) is 0. The number of hydrogen-bond donors (Lipinski definition) is 0. The van der Waals surface area contributed by atoms with Gasteiger partial charge in [-0.1, -0.05) is 6.92 Å². The van der Waals surface area contributed by atoms with Crippen molar-refractivity contribution in [2.45, 2.75) is 25.2 Å². The second-order valence-corrected chi connectivity index (χ2v) is 3.64. The first-order valence-electron chi connectivity index (χ1n) is 3.04. The molecule has 0 N–H and O–H groups in total. The van der Waals surface area contributed by atoms with E-state index in [4.69, 9.17) is 4.74 Å². The van der Waals surface area contributed by atoms with E-state index in [1.165, 1.54) is 5.75 Å². The Hall–Kier alpha value is 0.310. The molecule has 1 fully saturated rings. The summed E-state index contributed by atoms with van der Waals surface area (Å²) < 4.78 is 5.37. The van der Waals surface area contributed by atoms with Gasteiger partial charge in [0.1, 0.15) is 0 Å². The van der Waals surface area contributed by atoms with E-state index < -0.39 is 0 Å². The molecule has 0 bridgehead atoms. The lowest BCUT2D eigenvalue weighted by atomic mass is 10.3. The van der Waals surface area contributed by atoms with Crippen molar-refractivity contribution in [3.63, 3.8) is 0 Å². The van der Waals surface area contributed by atoms with Crippen LogP contribution in [0, 0.1) is 0 Å². The Kier molecular flexibility index (Phi) is 2.20. The Morgan fingerprint density at radius 3 is 2.62 bits per heavy atom. The summed E-state index contributed by atoms with van der Waals surface area (Å²) in [4.78, 5) is 0. The molecule has 2 heteroatoms. The van der Waals surface area contributed by atoms with Gasteiger partial charge >= 0.3 is 0 Å². The topological polar surface area (TPSA) is 9.23 Å². The van der Waals surface area contributed by atoms with E-state index in [2.05, 4.69) is 13.8 Å². The molecule has 1 nitrogen and oxygen atoms in total. The van der Waals surface area contributed by atoms with E-state index in [-0.39, 0.29) is 0 Å². The van der Waals surface area contributed by atoms with Crippen LogP contribution >= 0.6 is 11.8 Å². The van der Waals surface area contributed by atoms with Crippen molar-refractivity contribution in [2.75, 3.05) is 12.4 Å². The molecule has 1 aliphatic rings. The van der Waals surface area contributed by atoms with E-state index in [9.17, 15) is 0 Å². The zero-order valence-corrected chi connectivity index (χ0v) is 6.20.